The second-order valence-corrected chi connectivity index (χ2v) is 2.81. The minimum absolute atomic E-state index is 0.00745. The second-order valence-electron chi connectivity index (χ2n) is 2.81. The molecule has 1 rings (SSSR count). The van der Waals surface area contributed by atoms with E-state index in [0.717, 1.165) is 0 Å². The topological polar surface area (TPSA) is 119 Å². The van der Waals surface area contributed by atoms with E-state index in [0.29, 0.717) is 0 Å². The van der Waals surface area contributed by atoms with E-state index in [9.17, 15) is 10.2 Å². The van der Waals surface area contributed by atoms with Crippen LogP contribution in [0.2, 0.25) is 0 Å². The fraction of sp³-hybridized carbons (Fsp3) is 1.00. The molecule has 1 aliphatic heterocycles. The second kappa shape index (κ2) is 4.40. The van der Waals surface area contributed by atoms with E-state index in [4.69, 9.17) is 15.4 Å². The minimum atomic E-state index is -1.21. The minimum Gasteiger partial charge on any atom is -0.394 e. The molecule has 0 aliphatic carbocycles. The van der Waals surface area contributed by atoms with Crippen LogP contribution >= 0.6 is 0 Å². The lowest BCUT2D eigenvalue weighted by Crippen LogP contribution is -2.53. The van der Waals surface area contributed by atoms with Crippen LogP contribution in [-0.4, -0.2) is 52.9 Å². The molecule has 0 aromatic carbocycles. The molecule has 3 N–H and O–H groups in total. The van der Waals surface area contributed by atoms with Gasteiger partial charge in [0.25, 0.3) is 0 Å². The van der Waals surface area contributed by atoms with Gasteiger partial charge in [-0.1, -0.05) is 5.11 Å². The molecule has 0 amide bonds. The van der Waals surface area contributed by atoms with E-state index >= 15 is 0 Å². The van der Waals surface area contributed by atoms with E-state index in [1.807, 2.05) is 0 Å². The first-order chi connectivity index (χ1) is 6.20. The van der Waals surface area contributed by atoms with Crippen molar-refractivity contribution in [3.8, 4) is 0 Å². The Labute approximate surface area is 74.2 Å². The predicted molar refractivity (Wildman–Crippen MR) is 41.8 cm³/mol. The van der Waals surface area contributed by atoms with Gasteiger partial charge in [0, 0.05) is 4.91 Å². The molecule has 13 heavy (non-hydrogen) atoms. The van der Waals surface area contributed by atoms with Gasteiger partial charge in [0.2, 0.25) is 0 Å². The van der Waals surface area contributed by atoms with Gasteiger partial charge in [-0.25, -0.2) is 0 Å². The zero-order valence-electron chi connectivity index (χ0n) is 6.82. The van der Waals surface area contributed by atoms with Crippen LogP contribution in [0.5, 0.6) is 0 Å². The molecule has 1 saturated heterocycles. The van der Waals surface area contributed by atoms with Crippen molar-refractivity contribution in [1.82, 2.24) is 0 Å². The molecule has 74 valence electrons. The highest BCUT2D eigenvalue weighted by atomic mass is 16.5. The smallest absolute Gasteiger partial charge is 0.109 e. The molecular weight excluding hydrogens is 178 g/mol. The number of aliphatic hydroxyl groups excluding tert-OH is 3. The third-order valence-electron chi connectivity index (χ3n) is 1.99. The largest absolute Gasteiger partial charge is 0.394 e. The Morgan fingerprint density at radius 1 is 1.46 bits per heavy atom. The highest BCUT2D eigenvalue weighted by molar-refractivity contribution is 4.90. The number of hydrogen-bond donors (Lipinski definition) is 3. The molecule has 0 saturated carbocycles. The number of aliphatic hydroxyl groups is 3. The third kappa shape index (κ3) is 2.09. The van der Waals surface area contributed by atoms with Crippen LogP contribution in [0.25, 0.3) is 10.4 Å². The van der Waals surface area contributed by atoms with Crippen molar-refractivity contribution < 1.29 is 20.1 Å². The summed E-state index contributed by atoms with van der Waals surface area (Å²) >= 11 is 0. The quantitative estimate of drug-likeness (QED) is 0.286. The number of ether oxygens (including phenoxy) is 1. The van der Waals surface area contributed by atoms with Gasteiger partial charge >= 0.3 is 0 Å². The Balaban J connectivity index is 2.63. The molecule has 0 bridgehead atoms. The standard InChI is InChI=1S/C6H11N3O4/c7-9-8-3-2-13-4(1-10)6(12)5(3)11/h3-6,10-12H,1-2H2/t3-,4-,5-,6-/m1/s1. The first kappa shape index (κ1) is 10.2. The molecular formula is C6H11N3O4. The molecule has 4 atom stereocenters. The lowest BCUT2D eigenvalue weighted by molar-refractivity contribution is -0.155. The van der Waals surface area contributed by atoms with Crippen molar-refractivity contribution in [1.29, 1.82) is 0 Å². The normalized spacial score (nSPS) is 39.6. The van der Waals surface area contributed by atoms with Gasteiger partial charge in [0.05, 0.1) is 25.4 Å². The van der Waals surface area contributed by atoms with Crippen molar-refractivity contribution in [2.24, 2.45) is 5.11 Å². The van der Waals surface area contributed by atoms with Crippen molar-refractivity contribution in [2.75, 3.05) is 13.2 Å². The Bertz CT molecular complexity index is 218. The van der Waals surface area contributed by atoms with Crippen LogP contribution in [0.4, 0.5) is 0 Å². The van der Waals surface area contributed by atoms with Crippen LogP contribution in [0.15, 0.2) is 5.11 Å². The van der Waals surface area contributed by atoms with Crippen LogP contribution in [0.3, 0.4) is 0 Å². The van der Waals surface area contributed by atoms with Crippen LogP contribution < -0.4 is 0 Å². The lowest BCUT2D eigenvalue weighted by Gasteiger charge is -2.34. The van der Waals surface area contributed by atoms with E-state index < -0.39 is 24.4 Å². The maximum absolute atomic E-state index is 9.36. The lowest BCUT2D eigenvalue weighted by atomic mass is 9.99. The van der Waals surface area contributed by atoms with Gasteiger partial charge < -0.3 is 20.1 Å². The van der Waals surface area contributed by atoms with Gasteiger partial charge in [-0.15, -0.1) is 0 Å². The summed E-state index contributed by atoms with van der Waals surface area (Å²) in [5, 5.41) is 30.6. The number of azide groups is 1. The highest BCUT2D eigenvalue weighted by Crippen LogP contribution is 2.17. The third-order valence-corrected chi connectivity index (χ3v) is 1.99. The van der Waals surface area contributed by atoms with Gasteiger partial charge in [-0.2, -0.15) is 0 Å². The van der Waals surface area contributed by atoms with Crippen molar-refractivity contribution in [3.05, 3.63) is 10.4 Å². The summed E-state index contributed by atoms with van der Waals surface area (Å²) in [4.78, 5) is 2.51. The molecule has 7 nitrogen and oxygen atoms in total. The molecule has 1 fully saturated rings. The molecule has 0 spiro atoms. The van der Waals surface area contributed by atoms with Crippen LogP contribution in [0.1, 0.15) is 0 Å². The molecule has 0 unspecified atom stereocenters. The molecule has 1 heterocycles. The van der Waals surface area contributed by atoms with E-state index in [1.54, 1.807) is 0 Å². The summed E-state index contributed by atoms with van der Waals surface area (Å²) in [6, 6.07) is -0.789. The molecule has 0 aromatic rings. The summed E-state index contributed by atoms with van der Waals surface area (Å²) in [6.07, 6.45) is -3.20. The monoisotopic (exact) mass is 189 g/mol. The van der Waals surface area contributed by atoms with Crippen molar-refractivity contribution in [2.45, 2.75) is 24.4 Å². The maximum Gasteiger partial charge on any atom is 0.109 e. The summed E-state index contributed by atoms with van der Waals surface area (Å²) in [5.41, 5.74) is 8.11. The average molecular weight is 189 g/mol. The van der Waals surface area contributed by atoms with Gasteiger partial charge in [0.15, 0.2) is 0 Å². The van der Waals surface area contributed by atoms with Crippen molar-refractivity contribution >= 4 is 0 Å². The summed E-state index contributed by atoms with van der Waals surface area (Å²) in [6.45, 7) is -0.366. The Kier molecular flexibility index (Phi) is 3.47. The van der Waals surface area contributed by atoms with Gasteiger partial charge in [0.1, 0.15) is 12.2 Å². The fourth-order valence-corrected chi connectivity index (χ4v) is 1.20. The first-order valence-electron chi connectivity index (χ1n) is 3.83. The zero-order chi connectivity index (χ0) is 9.84. The van der Waals surface area contributed by atoms with E-state index in [2.05, 4.69) is 10.0 Å². The zero-order valence-corrected chi connectivity index (χ0v) is 6.82. The maximum atomic E-state index is 9.36. The van der Waals surface area contributed by atoms with Crippen LogP contribution in [0, 0.1) is 0 Å². The van der Waals surface area contributed by atoms with E-state index in [1.165, 1.54) is 0 Å². The molecule has 1 aliphatic rings. The average Bonchev–Trinajstić information content (AvgIpc) is 2.14. The predicted octanol–water partition coefficient (Wildman–Crippen LogP) is -1.22. The number of rotatable bonds is 2. The molecule has 0 radical (unpaired) electrons. The first-order valence-corrected chi connectivity index (χ1v) is 3.83. The summed E-state index contributed by atoms with van der Waals surface area (Å²) in [5.74, 6) is 0. The van der Waals surface area contributed by atoms with Gasteiger partial charge in [-0.05, 0) is 5.53 Å². The highest BCUT2D eigenvalue weighted by Gasteiger charge is 2.37. The molecule has 0 aromatic heterocycles. The Hall–Kier alpha value is -0.850. The Morgan fingerprint density at radius 2 is 2.15 bits per heavy atom. The van der Waals surface area contributed by atoms with Crippen LogP contribution in [-0.2, 0) is 4.74 Å². The summed E-state index contributed by atoms with van der Waals surface area (Å²) in [7, 11) is 0. The number of nitrogens with zero attached hydrogens (tertiary/aromatic N) is 3. The SMILES string of the molecule is [N-]=[N+]=N[C@@H]1CO[C@H](CO)[C@@H](O)[C@@H]1O. The van der Waals surface area contributed by atoms with E-state index in [-0.39, 0.29) is 13.2 Å². The molecule has 7 heteroatoms. The Morgan fingerprint density at radius 3 is 2.69 bits per heavy atom. The number of hydrogen-bond acceptors (Lipinski definition) is 5. The van der Waals surface area contributed by atoms with Gasteiger partial charge in [-0.3, -0.25) is 0 Å². The van der Waals surface area contributed by atoms with Crippen molar-refractivity contribution in [3.63, 3.8) is 0 Å². The fourth-order valence-electron chi connectivity index (χ4n) is 1.20. The summed E-state index contributed by atoms with van der Waals surface area (Å²) < 4.78 is 4.95.